The number of carbonyl (C=O) groups excluding carboxylic acids is 2. The van der Waals surface area contributed by atoms with Crippen molar-refractivity contribution in [2.75, 3.05) is 0 Å². The second-order valence-corrected chi connectivity index (χ2v) is 5.19. The predicted molar refractivity (Wildman–Crippen MR) is 75.3 cm³/mol. The van der Waals surface area contributed by atoms with Gasteiger partial charge in [0.1, 0.15) is 0 Å². The minimum absolute atomic E-state index is 0.0925. The number of aliphatic carboxylic acids is 1. The largest absolute Gasteiger partial charge is 0.478 e. The van der Waals surface area contributed by atoms with Crippen LogP contribution in [0.5, 0.6) is 0 Å². The van der Waals surface area contributed by atoms with E-state index in [0.717, 1.165) is 32.1 Å². The molecule has 1 rings (SSSR count). The summed E-state index contributed by atoms with van der Waals surface area (Å²) in [5.41, 5.74) is 0.0925. The Labute approximate surface area is 133 Å². The zero-order chi connectivity index (χ0) is 17.1. The number of hydrogen-bond donors (Lipinski definition) is 3. The van der Waals surface area contributed by atoms with Gasteiger partial charge in [-0.2, -0.15) is 0 Å². The maximum absolute atomic E-state index is 11.2. The summed E-state index contributed by atoms with van der Waals surface area (Å²) < 4.78 is 9.09. The van der Waals surface area contributed by atoms with Crippen molar-refractivity contribution in [3.05, 3.63) is 34.4 Å². The summed E-state index contributed by atoms with van der Waals surface area (Å²) in [6.07, 6.45) is 3.90. The Hall–Kier alpha value is -1.97. The van der Waals surface area contributed by atoms with E-state index in [2.05, 4.69) is 25.4 Å². The number of allylic oxidation sites excluding steroid dienone is 3. The minimum Gasteiger partial charge on any atom is -0.478 e. The van der Waals surface area contributed by atoms with Crippen LogP contribution in [0, 0.1) is 0 Å². The van der Waals surface area contributed by atoms with Crippen molar-refractivity contribution in [2.45, 2.75) is 25.4 Å². The second-order valence-electron chi connectivity index (χ2n) is 4.34. The molecule has 3 N–H and O–H groups in total. The highest BCUT2D eigenvalue weighted by Crippen LogP contribution is 2.41. The van der Waals surface area contributed by atoms with E-state index in [1.165, 1.54) is 6.08 Å². The molecule has 0 bridgehead atoms. The second kappa shape index (κ2) is 6.42. The summed E-state index contributed by atoms with van der Waals surface area (Å²) in [5.74, 6) is -8.60. The molecule has 0 radical (unpaired) electrons. The molecule has 0 aromatic rings. The Bertz CT molecular complexity index is 605. The van der Waals surface area contributed by atoms with Crippen molar-refractivity contribution in [3.63, 3.8) is 0 Å². The van der Waals surface area contributed by atoms with E-state index >= 15 is 0 Å². The van der Waals surface area contributed by atoms with Crippen LogP contribution in [0.3, 0.4) is 0 Å². The Morgan fingerprint density at radius 3 is 2.18 bits per heavy atom. The number of aliphatic hydroxyl groups is 2. The van der Waals surface area contributed by atoms with Crippen molar-refractivity contribution < 1.29 is 39.2 Å². The Morgan fingerprint density at radius 2 is 1.73 bits per heavy atom. The first-order valence-corrected chi connectivity index (χ1v) is 6.65. The molecule has 2 unspecified atom stereocenters. The Balaban J connectivity index is 3.38. The first-order valence-electron chi connectivity index (χ1n) is 5.85. The van der Waals surface area contributed by atoms with E-state index in [0.29, 0.717) is 0 Å². The van der Waals surface area contributed by atoms with Gasteiger partial charge in [0.15, 0.2) is 0 Å². The molecule has 0 amide bonds. The van der Waals surface area contributed by atoms with E-state index in [-0.39, 0.29) is 10.1 Å². The topological polar surface area (TPSA) is 130 Å². The molecule has 1 aliphatic carbocycles. The fourth-order valence-corrected chi connectivity index (χ4v) is 2.32. The van der Waals surface area contributed by atoms with Gasteiger partial charge < -0.3 is 24.8 Å². The van der Waals surface area contributed by atoms with Gasteiger partial charge in [0.2, 0.25) is 0 Å². The fraction of sp³-hybridized carbons (Fsp3) is 0.308. The van der Waals surface area contributed by atoms with Gasteiger partial charge in [-0.25, -0.2) is 4.79 Å². The van der Waals surface area contributed by atoms with Crippen LogP contribution in [0.2, 0.25) is 0 Å². The molecule has 120 valence electrons. The van der Waals surface area contributed by atoms with E-state index in [1.54, 1.807) is 0 Å². The molecular weight excluding hydrogens is 364 g/mol. The highest BCUT2D eigenvalue weighted by molar-refractivity contribution is 9.11. The van der Waals surface area contributed by atoms with Crippen LogP contribution in [-0.2, 0) is 23.9 Å². The summed E-state index contributed by atoms with van der Waals surface area (Å²) in [7, 11) is 0. The van der Waals surface area contributed by atoms with Crippen LogP contribution in [0.4, 0.5) is 0 Å². The third kappa shape index (κ3) is 3.81. The quantitative estimate of drug-likeness (QED) is 0.364. The lowest BCUT2D eigenvalue weighted by molar-refractivity contribution is -0.319. The molecule has 0 spiro atoms. The predicted octanol–water partition coefficient (Wildman–Crippen LogP) is 0.349. The fourth-order valence-electron chi connectivity index (χ4n) is 1.69. The van der Waals surface area contributed by atoms with Crippen LogP contribution < -0.4 is 0 Å². The highest BCUT2D eigenvalue weighted by atomic mass is 79.9. The van der Waals surface area contributed by atoms with Gasteiger partial charge in [0.05, 0.1) is 4.48 Å². The van der Waals surface area contributed by atoms with Gasteiger partial charge in [-0.3, -0.25) is 9.59 Å². The Morgan fingerprint density at radius 1 is 1.18 bits per heavy atom. The number of hydrogen-bond acceptors (Lipinski definition) is 7. The smallest absolute Gasteiger partial charge is 0.328 e. The molecule has 0 aliphatic heterocycles. The summed E-state index contributed by atoms with van der Waals surface area (Å²) in [4.78, 5) is 32.8. The number of ether oxygens (including phenoxy) is 2. The molecule has 9 heteroatoms. The standard InChI is InChI=1S/C13H13BrO8/c1-7(15)21-12(19)6-9(3-4-11(17)18)5-10(14)13(12,20)22-8(2)16/h3-6,19-20H,1-2H3,(H,17,18)/b4-3+. The van der Waals surface area contributed by atoms with Gasteiger partial charge in [-0.15, -0.1) is 0 Å². The van der Waals surface area contributed by atoms with Crippen LogP contribution in [-0.4, -0.2) is 44.8 Å². The molecule has 0 saturated heterocycles. The van der Waals surface area contributed by atoms with E-state index < -0.39 is 29.5 Å². The highest BCUT2D eigenvalue weighted by Gasteiger charge is 2.58. The molecule has 8 nitrogen and oxygen atoms in total. The summed E-state index contributed by atoms with van der Waals surface area (Å²) in [6.45, 7) is 1.95. The lowest BCUT2D eigenvalue weighted by atomic mass is 9.94. The summed E-state index contributed by atoms with van der Waals surface area (Å²) in [6, 6.07) is 0. The van der Waals surface area contributed by atoms with Crippen molar-refractivity contribution in [2.24, 2.45) is 0 Å². The number of carboxylic acid groups (broad SMARTS) is 1. The molecule has 0 heterocycles. The first-order chi connectivity index (χ1) is 10.00. The first kappa shape index (κ1) is 18.1. The minimum atomic E-state index is -2.74. The normalized spacial score (nSPS) is 27.9. The summed E-state index contributed by atoms with van der Waals surface area (Å²) >= 11 is 2.91. The molecule has 0 aromatic carbocycles. The number of carboxylic acids is 1. The zero-order valence-electron chi connectivity index (χ0n) is 11.6. The number of rotatable bonds is 4. The average molecular weight is 377 g/mol. The molecule has 2 atom stereocenters. The van der Waals surface area contributed by atoms with Crippen LogP contribution >= 0.6 is 15.9 Å². The van der Waals surface area contributed by atoms with Crippen molar-refractivity contribution >= 4 is 33.8 Å². The molecule has 1 aliphatic rings. The molecule has 0 aromatic heterocycles. The van der Waals surface area contributed by atoms with E-state index in [1.807, 2.05) is 0 Å². The third-order valence-electron chi connectivity index (χ3n) is 2.47. The number of esters is 2. The number of carbonyl (C=O) groups is 3. The molecular formula is C13H13BrO8. The van der Waals surface area contributed by atoms with Gasteiger partial charge in [-0.05, 0) is 33.7 Å². The zero-order valence-corrected chi connectivity index (χ0v) is 13.2. The number of halogens is 1. The van der Waals surface area contributed by atoms with Gasteiger partial charge in [0.25, 0.3) is 0 Å². The molecule has 22 heavy (non-hydrogen) atoms. The van der Waals surface area contributed by atoms with Crippen LogP contribution in [0.25, 0.3) is 0 Å². The summed E-state index contributed by atoms with van der Waals surface area (Å²) in [5, 5.41) is 29.4. The monoisotopic (exact) mass is 376 g/mol. The average Bonchev–Trinajstić information content (AvgIpc) is 2.32. The van der Waals surface area contributed by atoms with Crippen LogP contribution in [0.15, 0.2) is 34.4 Å². The van der Waals surface area contributed by atoms with Gasteiger partial charge in [0, 0.05) is 26.0 Å². The molecule has 0 fully saturated rings. The Kier molecular flexibility index (Phi) is 5.28. The maximum Gasteiger partial charge on any atom is 0.328 e. The SMILES string of the molecule is CC(=O)OC1(O)C=C(/C=C/C(=O)O)C=C(Br)C1(O)OC(C)=O. The molecule has 0 saturated carbocycles. The van der Waals surface area contributed by atoms with E-state index in [9.17, 15) is 24.6 Å². The van der Waals surface area contributed by atoms with Crippen LogP contribution in [0.1, 0.15) is 13.8 Å². The van der Waals surface area contributed by atoms with E-state index in [4.69, 9.17) is 5.11 Å². The van der Waals surface area contributed by atoms with Crippen molar-refractivity contribution in [1.82, 2.24) is 0 Å². The van der Waals surface area contributed by atoms with Gasteiger partial charge in [-0.1, -0.05) is 0 Å². The van der Waals surface area contributed by atoms with Crippen molar-refractivity contribution in [1.29, 1.82) is 0 Å². The lowest BCUT2D eigenvalue weighted by Gasteiger charge is -2.40. The lowest BCUT2D eigenvalue weighted by Crippen LogP contribution is -2.59. The third-order valence-corrected chi connectivity index (χ3v) is 3.24. The van der Waals surface area contributed by atoms with Gasteiger partial charge >= 0.3 is 29.5 Å². The van der Waals surface area contributed by atoms with Crippen molar-refractivity contribution in [3.8, 4) is 0 Å². The maximum atomic E-state index is 11.2.